The van der Waals surface area contributed by atoms with E-state index in [-0.39, 0.29) is 13.2 Å². The summed E-state index contributed by atoms with van der Waals surface area (Å²) < 4.78 is 27.5. The second-order valence-corrected chi connectivity index (χ2v) is 14.1. The smallest absolute Gasteiger partial charge is 0.397 e. The van der Waals surface area contributed by atoms with Crippen molar-refractivity contribution >= 4 is 7.82 Å². The van der Waals surface area contributed by atoms with Crippen molar-refractivity contribution in [2.45, 2.75) is 207 Å². The molecule has 45 heavy (non-hydrogen) atoms. The van der Waals surface area contributed by atoms with Crippen molar-refractivity contribution in [3.8, 4) is 0 Å². The van der Waals surface area contributed by atoms with Gasteiger partial charge in [-0.1, -0.05) is 181 Å². The molecule has 274 valence electrons. The van der Waals surface area contributed by atoms with Crippen molar-refractivity contribution in [1.29, 1.82) is 0 Å². The lowest BCUT2D eigenvalue weighted by atomic mass is 10.0. The molecule has 0 aromatic rings. The normalized spacial score (nSPS) is 12.3. The van der Waals surface area contributed by atoms with Crippen LogP contribution in [0.5, 0.6) is 0 Å². The lowest BCUT2D eigenvalue weighted by molar-refractivity contribution is -0.0429. The summed E-state index contributed by atoms with van der Waals surface area (Å²) >= 11 is 0. The fourth-order valence-electron chi connectivity index (χ4n) is 5.48. The lowest BCUT2D eigenvalue weighted by Crippen LogP contribution is -2.26. The number of phosphoric acid groups is 1. The molecule has 0 rings (SSSR count). The zero-order valence-electron chi connectivity index (χ0n) is 30.3. The van der Waals surface area contributed by atoms with Gasteiger partial charge in [0.1, 0.15) is 6.10 Å². The molecule has 8 heteroatoms. The van der Waals surface area contributed by atoms with E-state index in [4.69, 9.17) is 28.9 Å². The number of aliphatic hydroxyl groups is 1. The number of hydrogen-bond donors (Lipinski definition) is 3. The van der Waals surface area contributed by atoms with E-state index in [0.717, 1.165) is 19.3 Å². The molecule has 0 unspecified atom stereocenters. The van der Waals surface area contributed by atoms with Gasteiger partial charge in [0.15, 0.2) is 0 Å². The summed E-state index contributed by atoms with van der Waals surface area (Å²) in [4.78, 5) is 18.2. The quantitative estimate of drug-likeness (QED) is 0.0451. The predicted octanol–water partition coefficient (Wildman–Crippen LogP) is 11.5. The Morgan fingerprint density at radius 1 is 0.467 bits per heavy atom. The van der Waals surface area contributed by atoms with Gasteiger partial charge in [-0.05, 0) is 19.8 Å². The molecule has 7 nitrogen and oxygen atoms in total. The first-order valence-electron chi connectivity index (χ1n) is 19.4. The molecule has 0 spiro atoms. The molecule has 0 aliphatic rings. The second-order valence-electron chi connectivity index (χ2n) is 12.9. The van der Waals surface area contributed by atoms with Crippen molar-refractivity contribution in [3.63, 3.8) is 0 Å². The van der Waals surface area contributed by atoms with Crippen LogP contribution in [0.25, 0.3) is 0 Å². The topological polar surface area (TPSA) is 105 Å². The van der Waals surface area contributed by atoms with E-state index < -0.39 is 13.9 Å². The third-order valence-corrected chi connectivity index (χ3v) is 8.71. The molecule has 0 saturated carbocycles. The molecule has 0 saturated heterocycles. The monoisotopic (exact) mass is 667 g/mol. The van der Waals surface area contributed by atoms with E-state index in [0.29, 0.717) is 19.8 Å². The zero-order valence-corrected chi connectivity index (χ0v) is 31.2. The van der Waals surface area contributed by atoms with Crippen molar-refractivity contribution in [2.24, 2.45) is 0 Å². The van der Waals surface area contributed by atoms with Crippen LogP contribution in [0.4, 0.5) is 0 Å². The van der Waals surface area contributed by atoms with Gasteiger partial charge in [-0.15, -0.1) is 0 Å². The SMILES string of the molecule is CCCCCCCCCCCCCCCCOC[C@H](COP(=O)(O)O)OCCCCCCCCCCCCCCCC.CCO. The largest absolute Gasteiger partial charge is 0.469 e. The highest BCUT2D eigenvalue weighted by molar-refractivity contribution is 7.46. The van der Waals surface area contributed by atoms with Crippen LogP contribution in [0.3, 0.4) is 0 Å². The number of aliphatic hydroxyl groups excluding tert-OH is 1. The summed E-state index contributed by atoms with van der Waals surface area (Å²) in [5, 5.41) is 7.57. The molecule has 0 fully saturated rings. The fourth-order valence-corrected chi connectivity index (χ4v) is 5.85. The zero-order chi connectivity index (χ0) is 33.5. The van der Waals surface area contributed by atoms with E-state index in [1.165, 1.54) is 161 Å². The van der Waals surface area contributed by atoms with E-state index in [1.807, 2.05) is 0 Å². The maximum Gasteiger partial charge on any atom is 0.469 e. The number of rotatable bonds is 36. The third kappa shape index (κ3) is 46.2. The molecule has 0 radical (unpaired) electrons. The molecule has 1 atom stereocenters. The number of phosphoric ester groups is 1. The average Bonchev–Trinajstić information content (AvgIpc) is 3.01. The molecule has 0 aromatic heterocycles. The molecular formula is C37H79O7P. The van der Waals surface area contributed by atoms with Gasteiger partial charge in [0.25, 0.3) is 0 Å². The van der Waals surface area contributed by atoms with E-state index in [1.54, 1.807) is 6.92 Å². The fraction of sp³-hybridized carbons (Fsp3) is 1.00. The van der Waals surface area contributed by atoms with Gasteiger partial charge in [-0.25, -0.2) is 4.57 Å². The standard InChI is InChI=1S/C35H73O6P.C2H6O/c1-3-5-7-9-11-13-15-17-19-21-23-25-27-29-31-39-33-35(34-41-42(36,37)38)40-32-30-28-26-24-22-20-18-16-14-12-10-8-6-4-2;1-2-3/h35H,3-34H2,1-2H3,(H2,36,37,38);3H,2H2,1H3/t35-;/m1./s1. The average molecular weight is 667 g/mol. The maximum absolute atomic E-state index is 11.1. The number of ether oxygens (including phenoxy) is 2. The molecular weight excluding hydrogens is 587 g/mol. The van der Waals surface area contributed by atoms with Gasteiger partial charge in [-0.3, -0.25) is 4.52 Å². The highest BCUT2D eigenvalue weighted by Crippen LogP contribution is 2.35. The van der Waals surface area contributed by atoms with Crippen LogP contribution in [-0.2, 0) is 18.6 Å². The summed E-state index contributed by atoms with van der Waals surface area (Å²) in [6.45, 7) is 7.89. The molecule has 0 bridgehead atoms. The van der Waals surface area contributed by atoms with Crippen molar-refractivity contribution in [2.75, 3.05) is 33.0 Å². The van der Waals surface area contributed by atoms with Gasteiger partial charge >= 0.3 is 7.82 Å². The van der Waals surface area contributed by atoms with Crippen molar-refractivity contribution in [3.05, 3.63) is 0 Å². The van der Waals surface area contributed by atoms with E-state index >= 15 is 0 Å². The highest BCUT2D eigenvalue weighted by atomic mass is 31.2. The summed E-state index contributed by atoms with van der Waals surface area (Å²) in [7, 11) is -4.51. The minimum Gasteiger partial charge on any atom is -0.397 e. The van der Waals surface area contributed by atoms with Crippen molar-refractivity contribution < 1.29 is 33.5 Å². The number of unbranched alkanes of at least 4 members (excludes halogenated alkanes) is 26. The Balaban J connectivity index is 0. The summed E-state index contributed by atoms with van der Waals surface area (Å²) in [6, 6.07) is 0. The van der Waals surface area contributed by atoms with Gasteiger partial charge in [0, 0.05) is 19.8 Å². The first-order chi connectivity index (χ1) is 21.9. The van der Waals surface area contributed by atoms with Crippen LogP contribution in [0.15, 0.2) is 0 Å². The first-order valence-corrected chi connectivity index (χ1v) is 20.9. The molecule has 3 N–H and O–H groups in total. The van der Waals surface area contributed by atoms with Gasteiger partial charge < -0.3 is 24.4 Å². The van der Waals surface area contributed by atoms with Crippen molar-refractivity contribution in [1.82, 2.24) is 0 Å². The minimum atomic E-state index is -4.51. The molecule has 0 amide bonds. The Kier molecular flexibility index (Phi) is 42.0. The van der Waals surface area contributed by atoms with Crippen LogP contribution < -0.4 is 0 Å². The molecule has 0 aromatic carbocycles. The molecule has 0 aliphatic heterocycles. The Labute approximate surface area is 280 Å². The van der Waals surface area contributed by atoms with Gasteiger partial charge in [0.2, 0.25) is 0 Å². The van der Waals surface area contributed by atoms with Crippen LogP contribution in [0.1, 0.15) is 201 Å². The second kappa shape index (κ2) is 40.2. The van der Waals surface area contributed by atoms with E-state index in [2.05, 4.69) is 13.8 Å². The highest BCUT2D eigenvalue weighted by Gasteiger charge is 2.19. The predicted molar refractivity (Wildman–Crippen MR) is 192 cm³/mol. The third-order valence-electron chi connectivity index (χ3n) is 8.23. The van der Waals surface area contributed by atoms with Crippen LogP contribution in [0, 0.1) is 0 Å². The molecule has 0 aliphatic carbocycles. The Bertz CT molecular complexity index is 573. The van der Waals surface area contributed by atoms with Crippen LogP contribution >= 0.6 is 7.82 Å². The molecule has 0 heterocycles. The van der Waals surface area contributed by atoms with Gasteiger partial charge in [0.05, 0.1) is 13.2 Å². The summed E-state index contributed by atoms with van der Waals surface area (Å²) in [5.41, 5.74) is 0. The first kappa shape index (κ1) is 47.1. The van der Waals surface area contributed by atoms with E-state index in [9.17, 15) is 4.57 Å². The number of hydrogen-bond acceptors (Lipinski definition) is 5. The Hall–Kier alpha value is -0.0100. The maximum atomic E-state index is 11.1. The van der Waals surface area contributed by atoms with Crippen LogP contribution in [0.2, 0.25) is 0 Å². The Morgan fingerprint density at radius 3 is 1.07 bits per heavy atom. The lowest BCUT2D eigenvalue weighted by Gasteiger charge is -2.18. The Morgan fingerprint density at radius 2 is 0.756 bits per heavy atom. The summed E-state index contributed by atoms with van der Waals surface area (Å²) in [5.74, 6) is 0. The summed E-state index contributed by atoms with van der Waals surface area (Å²) in [6.07, 6.45) is 36.5. The van der Waals surface area contributed by atoms with Gasteiger partial charge in [-0.2, -0.15) is 0 Å². The minimum absolute atomic E-state index is 0.137. The van der Waals surface area contributed by atoms with Crippen LogP contribution in [-0.4, -0.2) is 54.0 Å².